The number of benzene rings is 2. The zero-order chi connectivity index (χ0) is 21.3. The van der Waals surface area contributed by atoms with Gasteiger partial charge in [-0.1, -0.05) is 29.8 Å². The van der Waals surface area contributed by atoms with Crippen molar-refractivity contribution in [2.45, 2.75) is 33.2 Å². The normalized spacial score (nSPS) is 15.3. The van der Waals surface area contributed by atoms with Crippen molar-refractivity contribution in [1.29, 1.82) is 5.26 Å². The van der Waals surface area contributed by atoms with E-state index in [1.807, 2.05) is 37.3 Å². The van der Waals surface area contributed by atoms with Crippen LogP contribution in [0.3, 0.4) is 0 Å². The Bertz CT molecular complexity index is 1090. The lowest BCUT2D eigenvalue weighted by atomic mass is 9.88. The van der Waals surface area contributed by atoms with Crippen LogP contribution in [0.25, 0.3) is 11.6 Å². The second-order valence-electron chi connectivity index (χ2n) is 7.90. The zero-order valence-electron chi connectivity index (χ0n) is 17.3. The minimum Gasteiger partial charge on any atom is -0.366 e. The van der Waals surface area contributed by atoms with Crippen LogP contribution < -0.4 is 10.2 Å². The van der Waals surface area contributed by atoms with E-state index in [2.05, 4.69) is 44.1 Å². The molecule has 0 bridgehead atoms. The molecule has 2 aromatic carbocycles. The molecule has 1 heterocycles. The Morgan fingerprint density at radius 2 is 1.93 bits per heavy atom. The van der Waals surface area contributed by atoms with Gasteiger partial charge in [-0.2, -0.15) is 5.26 Å². The summed E-state index contributed by atoms with van der Waals surface area (Å²) in [5, 5.41) is 12.8. The van der Waals surface area contributed by atoms with E-state index < -0.39 is 5.91 Å². The van der Waals surface area contributed by atoms with Crippen molar-refractivity contribution < 1.29 is 4.79 Å². The molecular weight excluding hydrogens is 382 g/mol. The number of carbonyl (C=O) groups is 1. The number of nitrogens with zero attached hydrogens (tertiary/aromatic N) is 2. The third-order valence-electron chi connectivity index (χ3n) is 5.36. The van der Waals surface area contributed by atoms with Crippen LogP contribution in [0.15, 0.2) is 48.0 Å². The number of rotatable bonds is 3. The van der Waals surface area contributed by atoms with Gasteiger partial charge in [-0.15, -0.1) is 0 Å². The van der Waals surface area contributed by atoms with Crippen molar-refractivity contribution in [2.75, 3.05) is 17.3 Å². The predicted molar refractivity (Wildman–Crippen MR) is 121 cm³/mol. The third-order valence-corrected chi connectivity index (χ3v) is 5.60. The molecule has 0 aliphatic carbocycles. The van der Waals surface area contributed by atoms with Crippen LogP contribution in [-0.2, 0) is 4.79 Å². The van der Waals surface area contributed by atoms with Crippen LogP contribution in [0.2, 0.25) is 5.02 Å². The number of likely N-dealkylation sites (N-methyl/N-ethyl adjacent to an activating group) is 1. The van der Waals surface area contributed by atoms with Gasteiger partial charge in [0.2, 0.25) is 0 Å². The highest BCUT2D eigenvalue weighted by Crippen LogP contribution is 2.38. The number of fused-ring (bicyclic) bond motifs is 1. The van der Waals surface area contributed by atoms with Crippen LogP contribution in [0.1, 0.15) is 37.5 Å². The van der Waals surface area contributed by atoms with Crippen molar-refractivity contribution in [3.8, 4) is 6.07 Å². The molecule has 148 valence electrons. The molecule has 0 aromatic heterocycles. The Balaban J connectivity index is 1.92. The summed E-state index contributed by atoms with van der Waals surface area (Å²) in [7, 11) is 2.07. The molecule has 0 radical (unpaired) electrons. The number of amides is 1. The smallest absolute Gasteiger partial charge is 0.266 e. The molecule has 3 rings (SSSR count). The number of allylic oxidation sites excluding steroid dienone is 1. The van der Waals surface area contributed by atoms with Crippen molar-refractivity contribution in [2.24, 2.45) is 0 Å². The van der Waals surface area contributed by atoms with Gasteiger partial charge in [0.05, 0.1) is 5.54 Å². The molecule has 0 saturated heterocycles. The van der Waals surface area contributed by atoms with E-state index in [9.17, 15) is 10.1 Å². The first-order valence-electron chi connectivity index (χ1n) is 9.39. The molecule has 1 aliphatic rings. The highest BCUT2D eigenvalue weighted by Gasteiger charge is 2.28. The molecule has 29 heavy (non-hydrogen) atoms. The monoisotopic (exact) mass is 405 g/mol. The summed E-state index contributed by atoms with van der Waals surface area (Å²) in [5.74, 6) is -0.457. The Labute approximate surface area is 177 Å². The molecule has 1 amide bonds. The molecular formula is C24H24ClN3O. The maximum absolute atomic E-state index is 12.6. The maximum Gasteiger partial charge on any atom is 0.266 e. The van der Waals surface area contributed by atoms with Crippen molar-refractivity contribution >= 4 is 40.5 Å². The lowest BCUT2D eigenvalue weighted by Crippen LogP contribution is -2.42. The summed E-state index contributed by atoms with van der Waals surface area (Å²) < 4.78 is 0. The van der Waals surface area contributed by atoms with Gasteiger partial charge in [0, 0.05) is 29.0 Å². The number of hydrogen-bond donors (Lipinski definition) is 1. The lowest BCUT2D eigenvalue weighted by molar-refractivity contribution is -0.112. The fourth-order valence-electron chi connectivity index (χ4n) is 3.50. The number of halogens is 1. The van der Waals surface area contributed by atoms with Gasteiger partial charge in [0.25, 0.3) is 5.91 Å². The second-order valence-corrected chi connectivity index (χ2v) is 8.34. The first-order valence-corrected chi connectivity index (χ1v) is 9.77. The summed E-state index contributed by atoms with van der Waals surface area (Å²) in [4.78, 5) is 14.9. The van der Waals surface area contributed by atoms with Gasteiger partial charge in [-0.05, 0) is 74.7 Å². The molecule has 0 unspecified atom stereocenters. The Morgan fingerprint density at radius 3 is 2.62 bits per heavy atom. The van der Waals surface area contributed by atoms with Gasteiger partial charge < -0.3 is 10.2 Å². The Morgan fingerprint density at radius 1 is 1.21 bits per heavy atom. The van der Waals surface area contributed by atoms with Crippen LogP contribution in [0.5, 0.6) is 0 Å². The Kier molecular flexibility index (Phi) is 5.55. The summed E-state index contributed by atoms with van der Waals surface area (Å²) in [6, 6.07) is 13.2. The van der Waals surface area contributed by atoms with E-state index in [0.29, 0.717) is 10.7 Å². The van der Waals surface area contributed by atoms with Crippen molar-refractivity contribution in [3.05, 3.63) is 69.8 Å². The van der Waals surface area contributed by atoms with E-state index in [-0.39, 0.29) is 11.1 Å². The van der Waals surface area contributed by atoms with E-state index in [4.69, 9.17) is 11.6 Å². The number of nitrogens with one attached hydrogen (secondary N) is 1. The van der Waals surface area contributed by atoms with Gasteiger partial charge in [-0.25, -0.2) is 0 Å². The van der Waals surface area contributed by atoms with Crippen molar-refractivity contribution in [3.63, 3.8) is 0 Å². The molecule has 1 N–H and O–H groups in total. The van der Waals surface area contributed by atoms with Gasteiger partial charge in [0.1, 0.15) is 11.6 Å². The molecule has 2 aromatic rings. The van der Waals surface area contributed by atoms with Crippen LogP contribution in [0, 0.1) is 18.3 Å². The number of carbonyl (C=O) groups excluding carboxylic acids is 1. The average molecular weight is 406 g/mol. The fourth-order valence-corrected chi connectivity index (χ4v) is 3.67. The largest absolute Gasteiger partial charge is 0.366 e. The minimum atomic E-state index is -0.457. The summed E-state index contributed by atoms with van der Waals surface area (Å²) in [6.07, 6.45) is 3.84. The maximum atomic E-state index is 12.6. The standard InChI is InChI=1S/C24H24ClN3O/c1-15-6-8-19(25)12-21(15)27-23(29)18(14-26)10-17-7-9-22-20(11-17)16(2)13-24(3,4)28(22)5/h6-13H,1-5H3,(H,27,29)/b18-10+. The quantitative estimate of drug-likeness (QED) is 0.516. The number of anilines is 2. The predicted octanol–water partition coefficient (Wildman–Crippen LogP) is 5.83. The molecule has 5 heteroatoms. The first-order chi connectivity index (χ1) is 13.6. The third kappa shape index (κ3) is 4.21. The molecule has 0 spiro atoms. The zero-order valence-corrected chi connectivity index (χ0v) is 18.1. The Hall–Kier alpha value is -3.03. The number of aryl methyl sites for hydroxylation is 1. The molecule has 0 atom stereocenters. The number of hydrogen-bond acceptors (Lipinski definition) is 3. The van der Waals surface area contributed by atoms with Crippen molar-refractivity contribution in [1.82, 2.24) is 0 Å². The van der Waals surface area contributed by atoms with E-state index >= 15 is 0 Å². The van der Waals surface area contributed by atoms with Gasteiger partial charge >= 0.3 is 0 Å². The summed E-state index contributed by atoms with van der Waals surface area (Å²) >= 11 is 6.02. The molecule has 4 nitrogen and oxygen atoms in total. The van der Waals surface area contributed by atoms with Crippen LogP contribution in [-0.4, -0.2) is 18.5 Å². The average Bonchev–Trinajstić information content (AvgIpc) is 2.66. The van der Waals surface area contributed by atoms with Crippen LogP contribution >= 0.6 is 11.6 Å². The lowest BCUT2D eigenvalue weighted by Gasteiger charge is -2.40. The molecule has 0 fully saturated rings. The SMILES string of the molecule is CC1=CC(C)(C)N(C)c2ccc(/C=C(\C#N)C(=O)Nc3cc(Cl)ccc3C)cc21. The summed E-state index contributed by atoms with van der Waals surface area (Å²) in [5.41, 5.74) is 5.65. The van der Waals surface area contributed by atoms with Crippen LogP contribution in [0.4, 0.5) is 11.4 Å². The van der Waals surface area contributed by atoms with E-state index in [0.717, 1.165) is 22.4 Å². The minimum absolute atomic E-state index is 0.0375. The summed E-state index contributed by atoms with van der Waals surface area (Å²) in [6.45, 7) is 8.30. The van der Waals surface area contributed by atoms with Gasteiger partial charge in [0.15, 0.2) is 0 Å². The number of nitriles is 1. The second kappa shape index (κ2) is 7.77. The van der Waals surface area contributed by atoms with Gasteiger partial charge in [-0.3, -0.25) is 4.79 Å². The highest BCUT2D eigenvalue weighted by molar-refractivity contribution is 6.31. The topological polar surface area (TPSA) is 56.1 Å². The highest BCUT2D eigenvalue weighted by atomic mass is 35.5. The van der Waals surface area contributed by atoms with E-state index in [1.54, 1.807) is 18.2 Å². The van der Waals surface area contributed by atoms with E-state index in [1.165, 1.54) is 5.57 Å². The first kappa shape index (κ1) is 20.7. The molecule has 0 saturated carbocycles. The fraction of sp³-hybridized carbons (Fsp3) is 0.250. The molecule has 1 aliphatic heterocycles.